The van der Waals surface area contributed by atoms with E-state index in [2.05, 4.69) is 5.32 Å². The van der Waals surface area contributed by atoms with E-state index < -0.39 is 20.2 Å². The van der Waals surface area contributed by atoms with E-state index in [-0.39, 0.29) is 0 Å². The van der Waals surface area contributed by atoms with E-state index in [0.717, 1.165) is 12.1 Å². The molecular weight excluding hydrogens is 319 g/mol. The number of carbonyl (C=O) groups excluding carboxylic acids is 1. The van der Waals surface area contributed by atoms with E-state index in [1.54, 1.807) is 24.3 Å². The average molecular weight is 329 g/mol. The fourth-order valence-electron chi connectivity index (χ4n) is 1.79. The third kappa shape index (κ3) is 3.11. The number of hydrogen-bond acceptors (Lipinski definition) is 3. The summed E-state index contributed by atoms with van der Waals surface area (Å²) in [6, 6.07) is 10.9. The maximum absolute atomic E-state index is 12.4. The van der Waals surface area contributed by atoms with Gasteiger partial charge in [-0.05, 0) is 35.4 Å². The summed E-state index contributed by atoms with van der Waals surface area (Å²) in [6.45, 7) is 0. The van der Waals surface area contributed by atoms with Crippen LogP contribution in [0.3, 0.4) is 0 Å². The molecule has 0 saturated carbocycles. The van der Waals surface area contributed by atoms with Gasteiger partial charge in [0.2, 0.25) is 6.41 Å². The number of rotatable bonds is 4. The van der Waals surface area contributed by atoms with Crippen molar-refractivity contribution in [1.29, 1.82) is 0 Å². The summed E-state index contributed by atoms with van der Waals surface area (Å²) in [4.78, 5) is 9.48. The SMILES string of the molecule is O=CNc1ccc(-c2ccc(S(=O)(=O)C(F)(F)F)cc2)cc1. The molecule has 0 bridgehead atoms. The number of amides is 1. The monoisotopic (exact) mass is 329 g/mol. The second kappa shape index (κ2) is 5.80. The Labute approximate surface area is 124 Å². The van der Waals surface area contributed by atoms with Gasteiger partial charge in [-0.15, -0.1) is 0 Å². The van der Waals surface area contributed by atoms with Crippen molar-refractivity contribution in [1.82, 2.24) is 0 Å². The highest BCUT2D eigenvalue weighted by molar-refractivity contribution is 7.92. The molecule has 0 aliphatic rings. The molecule has 1 N–H and O–H groups in total. The number of benzene rings is 2. The molecule has 0 aromatic heterocycles. The summed E-state index contributed by atoms with van der Waals surface area (Å²) in [5.74, 6) is 0. The molecule has 0 unspecified atom stereocenters. The van der Waals surface area contributed by atoms with Crippen molar-refractivity contribution in [2.45, 2.75) is 10.4 Å². The fourth-order valence-corrected chi connectivity index (χ4v) is 2.55. The van der Waals surface area contributed by atoms with Crippen molar-refractivity contribution in [3.63, 3.8) is 0 Å². The van der Waals surface area contributed by atoms with E-state index >= 15 is 0 Å². The van der Waals surface area contributed by atoms with Crippen LogP contribution < -0.4 is 5.32 Å². The number of sulfone groups is 1. The van der Waals surface area contributed by atoms with Crippen molar-refractivity contribution < 1.29 is 26.4 Å². The van der Waals surface area contributed by atoms with Gasteiger partial charge in [-0.25, -0.2) is 8.42 Å². The average Bonchev–Trinajstić information content (AvgIpc) is 2.47. The number of nitrogens with one attached hydrogen (secondary N) is 1. The largest absolute Gasteiger partial charge is 0.501 e. The standard InChI is InChI=1S/C14H10F3NO3S/c15-14(16,17)22(20,21)13-7-3-11(4-8-13)10-1-5-12(6-2-10)18-9-19/h1-9H,(H,18,19). The molecule has 8 heteroatoms. The molecule has 0 atom stereocenters. The van der Waals surface area contributed by atoms with Crippen LogP contribution in [0.4, 0.5) is 18.9 Å². The lowest BCUT2D eigenvalue weighted by Gasteiger charge is -2.09. The first-order valence-electron chi connectivity index (χ1n) is 5.98. The van der Waals surface area contributed by atoms with E-state index in [9.17, 15) is 26.4 Å². The van der Waals surface area contributed by atoms with Crippen molar-refractivity contribution >= 4 is 21.9 Å². The van der Waals surface area contributed by atoms with Crippen LogP contribution in [0.25, 0.3) is 11.1 Å². The van der Waals surface area contributed by atoms with Gasteiger partial charge in [0.05, 0.1) is 4.90 Å². The van der Waals surface area contributed by atoms with Crippen LogP contribution in [0.15, 0.2) is 53.4 Å². The second-order valence-corrected chi connectivity index (χ2v) is 6.25. The Balaban J connectivity index is 2.31. The van der Waals surface area contributed by atoms with Crippen molar-refractivity contribution in [3.8, 4) is 11.1 Å². The van der Waals surface area contributed by atoms with Crippen molar-refractivity contribution in [2.24, 2.45) is 0 Å². The molecule has 0 aliphatic carbocycles. The molecule has 0 radical (unpaired) electrons. The zero-order chi connectivity index (χ0) is 16.4. The molecule has 4 nitrogen and oxygen atoms in total. The molecule has 0 spiro atoms. The lowest BCUT2D eigenvalue weighted by molar-refractivity contribution is -0.105. The smallest absolute Gasteiger partial charge is 0.329 e. The van der Waals surface area contributed by atoms with E-state index in [0.29, 0.717) is 23.2 Å². The van der Waals surface area contributed by atoms with Crippen LogP contribution in [0.5, 0.6) is 0 Å². The maximum atomic E-state index is 12.4. The Morgan fingerprint density at radius 2 is 1.32 bits per heavy atom. The number of alkyl halides is 3. The topological polar surface area (TPSA) is 63.2 Å². The van der Waals surface area contributed by atoms with Gasteiger partial charge in [0.1, 0.15) is 0 Å². The molecule has 0 fully saturated rings. The molecule has 0 aliphatic heterocycles. The van der Waals surface area contributed by atoms with Gasteiger partial charge in [0.25, 0.3) is 9.84 Å². The Bertz CT molecular complexity index is 766. The van der Waals surface area contributed by atoms with Crippen molar-refractivity contribution in [2.75, 3.05) is 5.32 Å². The molecule has 2 aromatic carbocycles. The fraction of sp³-hybridized carbons (Fsp3) is 0.0714. The highest BCUT2D eigenvalue weighted by atomic mass is 32.2. The van der Waals surface area contributed by atoms with Gasteiger partial charge in [0.15, 0.2) is 0 Å². The van der Waals surface area contributed by atoms with Gasteiger partial charge in [-0.1, -0.05) is 24.3 Å². The molecule has 116 valence electrons. The molecule has 0 heterocycles. The minimum absolute atomic E-state index is 0.520. The number of anilines is 1. The normalized spacial score (nSPS) is 12.0. The van der Waals surface area contributed by atoms with Crippen LogP contribution in [-0.2, 0) is 14.6 Å². The van der Waals surface area contributed by atoms with Crippen molar-refractivity contribution in [3.05, 3.63) is 48.5 Å². The van der Waals surface area contributed by atoms with E-state index in [1.165, 1.54) is 12.1 Å². The van der Waals surface area contributed by atoms with Gasteiger partial charge in [-0.2, -0.15) is 13.2 Å². The highest BCUT2D eigenvalue weighted by Crippen LogP contribution is 2.31. The molecular formula is C14H10F3NO3S. The third-order valence-electron chi connectivity index (χ3n) is 2.91. The Hall–Kier alpha value is -2.35. The summed E-state index contributed by atoms with van der Waals surface area (Å²) >= 11 is 0. The Morgan fingerprint density at radius 3 is 1.73 bits per heavy atom. The summed E-state index contributed by atoms with van der Waals surface area (Å²) in [5.41, 5.74) is -3.53. The van der Waals surface area contributed by atoms with Crippen LogP contribution in [-0.4, -0.2) is 20.3 Å². The molecule has 0 saturated heterocycles. The highest BCUT2D eigenvalue weighted by Gasteiger charge is 2.46. The lowest BCUT2D eigenvalue weighted by Crippen LogP contribution is -2.23. The predicted octanol–water partition coefficient (Wildman–Crippen LogP) is 3.22. The maximum Gasteiger partial charge on any atom is 0.501 e. The summed E-state index contributed by atoms with van der Waals surface area (Å²) in [7, 11) is -5.34. The van der Waals surface area contributed by atoms with Crippen LogP contribution in [0, 0.1) is 0 Å². The summed E-state index contributed by atoms with van der Waals surface area (Å²) in [6.07, 6.45) is 0.520. The summed E-state index contributed by atoms with van der Waals surface area (Å²) in [5, 5.41) is 2.45. The quantitative estimate of drug-likeness (QED) is 0.876. The Kier molecular flexibility index (Phi) is 4.23. The first kappa shape index (κ1) is 16.0. The van der Waals surface area contributed by atoms with Gasteiger partial charge < -0.3 is 5.32 Å². The third-order valence-corrected chi connectivity index (χ3v) is 4.42. The molecule has 22 heavy (non-hydrogen) atoms. The van der Waals surface area contributed by atoms with Gasteiger partial charge >= 0.3 is 5.51 Å². The number of halogens is 3. The van der Waals surface area contributed by atoms with E-state index in [1.807, 2.05) is 0 Å². The minimum atomic E-state index is -5.34. The number of hydrogen-bond donors (Lipinski definition) is 1. The van der Waals surface area contributed by atoms with Gasteiger partial charge in [-0.3, -0.25) is 4.79 Å². The van der Waals surface area contributed by atoms with Gasteiger partial charge in [0, 0.05) is 5.69 Å². The second-order valence-electron chi connectivity index (χ2n) is 4.31. The van der Waals surface area contributed by atoms with Crippen LogP contribution in [0.2, 0.25) is 0 Å². The lowest BCUT2D eigenvalue weighted by atomic mass is 10.1. The molecule has 1 amide bonds. The molecule has 2 rings (SSSR count). The van der Waals surface area contributed by atoms with Crippen LogP contribution >= 0.6 is 0 Å². The zero-order valence-electron chi connectivity index (χ0n) is 11.0. The molecule has 2 aromatic rings. The van der Waals surface area contributed by atoms with Crippen LogP contribution in [0.1, 0.15) is 0 Å². The zero-order valence-corrected chi connectivity index (χ0v) is 11.8. The number of carbonyl (C=O) groups is 1. The first-order valence-corrected chi connectivity index (χ1v) is 7.46. The summed E-state index contributed by atoms with van der Waals surface area (Å²) < 4.78 is 59.8. The predicted molar refractivity (Wildman–Crippen MR) is 74.8 cm³/mol. The van der Waals surface area contributed by atoms with E-state index in [4.69, 9.17) is 0 Å². The minimum Gasteiger partial charge on any atom is -0.329 e. The first-order chi connectivity index (χ1) is 10.3. The Morgan fingerprint density at radius 1 is 0.864 bits per heavy atom.